The fourth-order valence-electron chi connectivity index (χ4n) is 2.15. The number of amidine groups is 1. The monoisotopic (exact) mass is 321 g/mol. The topological polar surface area (TPSA) is 78.9 Å². The average molecular weight is 321 g/mol. The molecule has 1 amide bonds. The lowest BCUT2D eigenvalue weighted by Crippen LogP contribution is -2.53. The number of carbonyl (C=O) groups excluding carboxylic acids is 1. The number of piperidine rings is 1. The van der Waals surface area contributed by atoms with E-state index in [0.29, 0.717) is 11.3 Å². The summed E-state index contributed by atoms with van der Waals surface area (Å²) in [5.41, 5.74) is 5.28. The van der Waals surface area contributed by atoms with Crippen LogP contribution in [0.25, 0.3) is 0 Å². The number of nitrogens with two attached hydrogens (primary N) is 1. The maximum atomic E-state index is 12.5. The van der Waals surface area contributed by atoms with Crippen molar-refractivity contribution in [3.63, 3.8) is 0 Å². The molecule has 122 valence electrons. The van der Waals surface area contributed by atoms with E-state index in [1.165, 1.54) is 0 Å². The van der Waals surface area contributed by atoms with Gasteiger partial charge < -0.3 is 15.8 Å². The first-order valence-corrected chi connectivity index (χ1v) is 5.88. The summed E-state index contributed by atoms with van der Waals surface area (Å²) in [4.78, 5) is 12.0. The van der Waals surface area contributed by atoms with Crippen LogP contribution in [0.1, 0.15) is 12.8 Å². The molecule has 0 aromatic rings. The Hall–Kier alpha value is -1.68. The van der Waals surface area contributed by atoms with Crippen molar-refractivity contribution in [1.82, 2.24) is 4.90 Å². The van der Waals surface area contributed by atoms with Gasteiger partial charge in [-0.1, -0.05) is 5.16 Å². The Labute approximate surface area is 115 Å². The van der Waals surface area contributed by atoms with E-state index in [0.717, 1.165) is 0 Å². The summed E-state index contributed by atoms with van der Waals surface area (Å²) in [7, 11) is 0. The Morgan fingerprint density at radius 1 is 1.24 bits per heavy atom. The van der Waals surface area contributed by atoms with E-state index in [2.05, 4.69) is 5.16 Å². The molecule has 0 aromatic carbocycles. The summed E-state index contributed by atoms with van der Waals surface area (Å²) in [6.45, 7) is -0.686. The molecule has 0 bridgehead atoms. The molecule has 11 heteroatoms. The third-order valence-corrected chi connectivity index (χ3v) is 3.17. The summed E-state index contributed by atoms with van der Waals surface area (Å²) in [6, 6.07) is 0. The van der Waals surface area contributed by atoms with Crippen LogP contribution in [0.5, 0.6) is 0 Å². The standard InChI is InChI=1S/C10H13F6N3O2/c11-9(12,13)6(10(14,15)16)8(20)19-3-1-2-5(4-19)7(17)18-21/h5-6,21H,1-4H2,(H2,17,18). The van der Waals surface area contributed by atoms with Crippen molar-refractivity contribution in [2.24, 2.45) is 22.7 Å². The van der Waals surface area contributed by atoms with E-state index >= 15 is 0 Å². The van der Waals surface area contributed by atoms with Crippen LogP contribution in [0, 0.1) is 11.8 Å². The zero-order valence-corrected chi connectivity index (χ0v) is 10.6. The normalized spacial score (nSPS) is 21.8. The van der Waals surface area contributed by atoms with E-state index in [9.17, 15) is 31.1 Å². The first-order chi connectivity index (χ1) is 9.48. The number of oxime groups is 1. The van der Waals surface area contributed by atoms with E-state index in [4.69, 9.17) is 10.9 Å². The minimum absolute atomic E-state index is 0.162. The molecule has 1 fully saturated rings. The van der Waals surface area contributed by atoms with Gasteiger partial charge in [0.1, 0.15) is 5.84 Å². The van der Waals surface area contributed by atoms with Crippen molar-refractivity contribution >= 4 is 11.7 Å². The van der Waals surface area contributed by atoms with Gasteiger partial charge >= 0.3 is 12.4 Å². The number of halogens is 6. The summed E-state index contributed by atoms with van der Waals surface area (Å²) >= 11 is 0. The van der Waals surface area contributed by atoms with Crippen molar-refractivity contribution < 1.29 is 36.3 Å². The molecule has 0 aliphatic carbocycles. The molecule has 0 aromatic heterocycles. The second-order valence-electron chi connectivity index (χ2n) is 4.66. The lowest BCUT2D eigenvalue weighted by Gasteiger charge is -2.35. The molecule has 21 heavy (non-hydrogen) atoms. The molecule has 1 aliphatic heterocycles. The van der Waals surface area contributed by atoms with Crippen molar-refractivity contribution in [2.75, 3.05) is 13.1 Å². The third-order valence-electron chi connectivity index (χ3n) is 3.17. The van der Waals surface area contributed by atoms with E-state index < -0.39 is 36.6 Å². The molecule has 3 N–H and O–H groups in total. The number of carbonyl (C=O) groups is 1. The third kappa shape index (κ3) is 4.14. The lowest BCUT2D eigenvalue weighted by atomic mass is 9.95. The Bertz CT molecular complexity index is 406. The molecule has 1 rings (SSSR count). The Balaban J connectivity index is 2.95. The first-order valence-electron chi connectivity index (χ1n) is 5.88. The Morgan fingerprint density at radius 3 is 2.19 bits per heavy atom. The molecule has 1 atom stereocenters. The van der Waals surface area contributed by atoms with Gasteiger partial charge in [-0.25, -0.2) is 0 Å². The number of nitrogens with zero attached hydrogens (tertiary/aromatic N) is 2. The average Bonchev–Trinajstić information content (AvgIpc) is 2.34. The zero-order valence-electron chi connectivity index (χ0n) is 10.6. The molecule has 0 radical (unpaired) electrons. The second-order valence-corrected chi connectivity index (χ2v) is 4.66. The lowest BCUT2D eigenvalue weighted by molar-refractivity contribution is -0.277. The zero-order chi connectivity index (χ0) is 16.4. The minimum atomic E-state index is -5.72. The number of alkyl halides is 6. The summed E-state index contributed by atoms with van der Waals surface area (Å²) in [5, 5.41) is 11.1. The summed E-state index contributed by atoms with van der Waals surface area (Å²) in [5.74, 6) is -7.22. The molecular weight excluding hydrogens is 308 g/mol. The van der Waals surface area contributed by atoms with Gasteiger partial charge in [-0.3, -0.25) is 4.79 Å². The van der Waals surface area contributed by atoms with Gasteiger partial charge in [0.25, 0.3) is 0 Å². The van der Waals surface area contributed by atoms with Gasteiger partial charge in [0.05, 0.1) is 0 Å². The van der Waals surface area contributed by atoms with Gasteiger partial charge in [-0.15, -0.1) is 0 Å². The van der Waals surface area contributed by atoms with Crippen LogP contribution in [-0.4, -0.2) is 47.3 Å². The van der Waals surface area contributed by atoms with Crippen molar-refractivity contribution in [2.45, 2.75) is 25.2 Å². The molecule has 1 heterocycles. The van der Waals surface area contributed by atoms with E-state index in [1.54, 1.807) is 0 Å². The molecule has 1 saturated heterocycles. The second kappa shape index (κ2) is 5.98. The van der Waals surface area contributed by atoms with Crippen LogP contribution in [0.15, 0.2) is 5.16 Å². The quantitative estimate of drug-likeness (QED) is 0.267. The summed E-state index contributed by atoms with van der Waals surface area (Å²) in [6.07, 6.45) is -11.0. The number of rotatable bonds is 2. The Morgan fingerprint density at radius 2 is 1.76 bits per heavy atom. The molecule has 0 spiro atoms. The van der Waals surface area contributed by atoms with Crippen molar-refractivity contribution in [3.8, 4) is 0 Å². The Kier molecular flexibility index (Phi) is 4.95. The van der Waals surface area contributed by atoms with Crippen LogP contribution < -0.4 is 5.73 Å². The van der Waals surface area contributed by atoms with Gasteiger partial charge in [0, 0.05) is 19.0 Å². The highest BCUT2D eigenvalue weighted by Gasteiger charge is 2.62. The van der Waals surface area contributed by atoms with E-state index in [-0.39, 0.29) is 18.8 Å². The van der Waals surface area contributed by atoms with Crippen molar-refractivity contribution in [1.29, 1.82) is 0 Å². The van der Waals surface area contributed by atoms with Gasteiger partial charge in [0.2, 0.25) is 11.8 Å². The number of hydrogen-bond acceptors (Lipinski definition) is 3. The highest BCUT2D eigenvalue weighted by atomic mass is 19.4. The van der Waals surface area contributed by atoms with Gasteiger partial charge in [0.15, 0.2) is 0 Å². The molecule has 5 nitrogen and oxygen atoms in total. The van der Waals surface area contributed by atoms with Crippen LogP contribution in [0.4, 0.5) is 26.3 Å². The van der Waals surface area contributed by atoms with Crippen LogP contribution in [0.3, 0.4) is 0 Å². The van der Waals surface area contributed by atoms with Gasteiger partial charge in [-0.2, -0.15) is 26.3 Å². The highest BCUT2D eigenvalue weighted by molar-refractivity contribution is 5.85. The molecule has 1 unspecified atom stereocenters. The minimum Gasteiger partial charge on any atom is -0.409 e. The van der Waals surface area contributed by atoms with E-state index in [1.807, 2.05) is 0 Å². The molecular formula is C10H13F6N3O2. The fraction of sp³-hybridized carbons (Fsp3) is 0.800. The number of hydrogen-bond donors (Lipinski definition) is 2. The molecule has 0 saturated carbocycles. The maximum absolute atomic E-state index is 12.5. The first kappa shape index (κ1) is 17.4. The fourth-order valence-corrected chi connectivity index (χ4v) is 2.15. The van der Waals surface area contributed by atoms with Crippen LogP contribution >= 0.6 is 0 Å². The van der Waals surface area contributed by atoms with Crippen LogP contribution in [0.2, 0.25) is 0 Å². The summed E-state index contributed by atoms with van der Waals surface area (Å²) < 4.78 is 74.9. The molecule has 1 aliphatic rings. The maximum Gasteiger partial charge on any atom is 0.409 e. The number of amides is 1. The SMILES string of the molecule is NC(=NO)C1CCCN(C(=O)C(C(F)(F)F)C(F)(F)F)C1. The predicted molar refractivity (Wildman–Crippen MR) is 58.3 cm³/mol. The van der Waals surface area contributed by atoms with Crippen LogP contribution in [-0.2, 0) is 4.79 Å². The highest BCUT2D eigenvalue weighted by Crippen LogP contribution is 2.40. The van der Waals surface area contributed by atoms with Crippen molar-refractivity contribution in [3.05, 3.63) is 0 Å². The van der Waals surface area contributed by atoms with Gasteiger partial charge in [-0.05, 0) is 12.8 Å². The number of likely N-dealkylation sites (tertiary alicyclic amines) is 1. The smallest absolute Gasteiger partial charge is 0.409 e. The largest absolute Gasteiger partial charge is 0.409 e. The predicted octanol–water partition coefficient (Wildman–Crippen LogP) is 1.71.